The normalized spacial score (nSPS) is 30.2. The zero-order valence-electron chi connectivity index (χ0n) is 12.2. The van der Waals surface area contributed by atoms with E-state index in [0.29, 0.717) is 11.5 Å². The van der Waals surface area contributed by atoms with Gasteiger partial charge in [-0.05, 0) is 25.8 Å². The average Bonchev–Trinajstić information content (AvgIpc) is 2.98. The van der Waals surface area contributed by atoms with E-state index in [1.54, 1.807) is 0 Å². The van der Waals surface area contributed by atoms with E-state index in [2.05, 4.69) is 34.3 Å². The lowest BCUT2D eigenvalue weighted by Gasteiger charge is -2.29. The van der Waals surface area contributed by atoms with Gasteiger partial charge in [0, 0.05) is 29.9 Å². The van der Waals surface area contributed by atoms with Crippen molar-refractivity contribution in [2.75, 3.05) is 13.1 Å². The van der Waals surface area contributed by atoms with Crippen LogP contribution in [0.15, 0.2) is 12.5 Å². The van der Waals surface area contributed by atoms with Gasteiger partial charge in [0.2, 0.25) is 0 Å². The molecule has 0 radical (unpaired) electrons. The Labute approximate surface area is 116 Å². The van der Waals surface area contributed by atoms with Gasteiger partial charge in [0.05, 0.1) is 6.33 Å². The minimum absolute atomic E-state index is 0.291. The monoisotopic (exact) mass is 261 g/mol. The van der Waals surface area contributed by atoms with Crippen molar-refractivity contribution in [2.24, 2.45) is 0 Å². The summed E-state index contributed by atoms with van der Waals surface area (Å²) in [4.78, 5) is 4.48. The Morgan fingerprint density at radius 1 is 1.21 bits per heavy atom. The summed E-state index contributed by atoms with van der Waals surface area (Å²) in [5.41, 5.74) is 1.75. The lowest BCUT2D eigenvalue weighted by atomic mass is 9.85. The molecule has 1 aromatic rings. The van der Waals surface area contributed by atoms with Crippen LogP contribution in [0.3, 0.4) is 0 Å². The van der Waals surface area contributed by atoms with E-state index < -0.39 is 0 Å². The first-order valence-corrected chi connectivity index (χ1v) is 8.03. The number of hydrogen-bond donors (Lipinski definition) is 1. The zero-order valence-corrected chi connectivity index (χ0v) is 12.2. The standard InChI is InChI=1S/C16H27N3/c1-16(9-10-17-12-16)15-11-18-13-19(15)14-7-5-3-2-4-6-8-14/h11,13-14,17H,2-10,12H2,1H3. The highest BCUT2D eigenvalue weighted by Gasteiger charge is 2.34. The summed E-state index contributed by atoms with van der Waals surface area (Å²) in [6.07, 6.45) is 15.2. The average molecular weight is 261 g/mol. The Kier molecular flexibility index (Phi) is 3.92. The van der Waals surface area contributed by atoms with Crippen molar-refractivity contribution in [3.63, 3.8) is 0 Å². The molecule has 3 heteroatoms. The number of hydrogen-bond acceptors (Lipinski definition) is 2. The van der Waals surface area contributed by atoms with Crippen molar-refractivity contribution in [3.8, 4) is 0 Å². The third kappa shape index (κ3) is 2.71. The van der Waals surface area contributed by atoms with E-state index >= 15 is 0 Å². The number of imidazole rings is 1. The van der Waals surface area contributed by atoms with Gasteiger partial charge >= 0.3 is 0 Å². The molecule has 1 atom stereocenters. The minimum atomic E-state index is 0.291. The molecular formula is C16H27N3. The summed E-state index contributed by atoms with van der Waals surface area (Å²) in [5, 5.41) is 3.51. The highest BCUT2D eigenvalue weighted by Crippen LogP contribution is 2.34. The SMILES string of the molecule is CC1(c2cncn2C2CCCCCCC2)CCNC1. The van der Waals surface area contributed by atoms with Crippen LogP contribution in [0.1, 0.15) is 70.0 Å². The van der Waals surface area contributed by atoms with Crippen LogP contribution in [0.25, 0.3) is 0 Å². The van der Waals surface area contributed by atoms with Crippen molar-refractivity contribution in [1.82, 2.24) is 14.9 Å². The van der Waals surface area contributed by atoms with Crippen LogP contribution in [-0.4, -0.2) is 22.6 Å². The molecule has 106 valence electrons. The Balaban J connectivity index is 1.82. The molecule has 0 amide bonds. The van der Waals surface area contributed by atoms with E-state index in [-0.39, 0.29) is 0 Å². The van der Waals surface area contributed by atoms with Crippen molar-refractivity contribution in [2.45, 2.75) is 69.7 Å². The van der Waals surface area contributed by atoms with Crippen molar-refractivity contribution >= 4 is 0 Å². The number of rotatable bonds is 2. The molecule has 1 aliphatic carbocycles. The Morgan fingerprint density at radius 3 is 2.63 bits per heavy atom. The topological polar surface area (TPSA) is 29.9 Å². The Hall–Kier alpha value is -0.830. The summed E-state index contributed by atoms with van der Waals surface area (Å²) in [6.45, 7) is 4.64. The molecule has 1 unspecified atom stereocenters. The number of aromatic nitrogens is 2. The molecule has 0 bridgehead atoms. The first-order valence-electron chi connectivity index (χ1n) is 8.03. The van der Waals surface area contributed by atoms with Crippen molar-refractivity contribution < 1.29 is 0 Å². The van der Waals surface area contributed by atoms with Crippen LogP contribution >= 0.6 is 0 Å². The molecule has 1 N–H and O–H groups in total. The Morgan fingerprint density at radius 2 is 1.95 bits per heavy atom. The van der Waals surface area contributed by atoms with Gasteiger partial charge in [-0.1, -0.05) is 39.0 Å². The molecule has 2 heterocycles. The number of nitrogens with zero attached hydrogens (tertiary/aromatic N) is 2. The maximum Gasteiger partial charge on any atom is 0.0950 e. The summed E-state index contributed by atoms with van der Waals surface area (Å²) < 4.78 is 2.51. The van der Waals surface area contributed by atoms with Gasteiger partial charge in [0.15, 0.2) is 0 Å². The van der Waals surface area contributed by atoms with E-state index in [1.807, 2.05) is 0 Å². The fraction of sp³-hybridized carbons (Fsp3) is 0.812. The molecule has 1 aliphatic heterocycles. The van der Waals surface area contributed by atoms with Gasteiger partial charge < -0.3 is 9.88 Å². The maximum absolute atomic E-state index is 4.48. The molecule has 19 heavy (non-hydrogen) atoms. The molecule has 1 aromatic heterocycles. The van der Waals surface area contributed by atoms with Gasteiger partial charge in [-0.3, -0.25) is 0 Å². The van der Waals surface area contributed by atoms with Gasteiger partial charge in [-0.2, -0.15) is 0 Å². The molecule has 1 saturated carbocycles. The molecular weight excluding hydrogens is 234 g/mol. The fourth-order valence-corrected chi connectivity index (χ4v) is 3.81. The maximum atomic E-state index is 4.48. The van der Waals surface area contributed by atoms with Gasteiger partial charge in [0.25, 0.3) is 0 Å². The summed E-state index contributed by atoms with van der Waals surface area (Å²) in [7, 11) is 0. The molecule has 2 fully saturated rings. The highest BCUT2D eigenvalue weighted by atomic mass is 15.1. The van der Waals surface area contributed by atoms with Crippen LogP contribution in [0.2, 0.25) is 0 Å². The lowest BCUT2D eigenvalue weighted by Crippen LogP contribution is -2.29. The lowest BCUT2D eigenvalue weighted by molar-refractivity contribution is 0.345. The van der Waals surface area contributed by atoms with E-state index in [4.69, 9.17) is 0 Å². The second-order valence-corrected chi connectivity index (χ2v) is 6.67. The molecule has 1 saturated heterocycles. The third-order valence-corrected chi connectivity index (χ3v) is 5.12. The van der Waals surface area contributed by atoms with Crippen LogP contribution in [-0.2, 0) is 5.41 Å². The van der Waals surface area contributed by atoms with Gasteiger partial charge in [0.1, 0.15) is 0 Å². The molecule has 0 spiro atoms. The van der Waals surface area contributed by atoms with Crippen LogP contribution in [0.5, 0.6) is 0 Å². The summed E-state index contributed by atoms with van der Waals surface area (Å²) in [5.74, 6) is 0. The smallest absolute Gasteiger partial charge is 0.0950 e. The van der Waals surface area contributed by atoms with E-state index in [1.165, 1.54) is 57.1 Å². The second kappa shape index (κ2) is 5.66. The minimum Gasteiger partial charge on any atom is -0.331 e. The molecule has 3 nitrogen and oxygen atoms in total. The highest BCUT2D eigenvalue weighted by molar-refractivity contribution is 5.18. The van der Waals surface area contributed by atoms with Crippen molar-refractivity contribution in [3.05, 3.63) is 18.2 Å². The molecule has 2 aliphatic rings. The zero-order chi connectivity index (χ0) is 13.1. The predicted octanol–water partition coefficient (Wildman–Crippen LogP) is 3.42. The second-order valence-electron chi connectivity index (χ2n) is 6.67. The van der Waals surface area contributed by atoms with Crippen LogP contribution in [0.4, 0.5) is 0 Å². The summed E-state index contributed by atoms with van der Waals surface area (Å²) in [6, 6.07) is 0.690. The van der Waals surface area contributed by atoms with Gasteiger partial charge in [-0.25, -0.2) is 4.98 Å². The van der Waals surface area contributed by atoms with E-state index in [9.17, 15) is 0 Å². The number of nitrogens with one attached hydrogen (secondary N) is 1. The first-order chi connectivity index (χ1) is 9.30. The Bertz CT molecular complexity index is 396. The first kappa shape index (κ1) is 13.2. The van der Waals surface area contributed by atoms with Crippen LogP contribution in [0, 0.1) is 0 Å². The third-order valence-electron chi connectivity index (χ3n) is 5.12. The predicted molar refractivity (Wildman–Crippen MR) is 78.4 cm³/mol. The van der Waals surface area contributed by atoms with E-state index in [0.717, 1.165) is 13.1 Å². The van der Waals surface area contributed by atoms with Crippen molar-refractivity contribution in [1.29, 1.82) is 0 Å². The molecule has 3 rings (SSSR count). The van der Waals surface area contributed by atoms with Crippen LogP contribution < -0.4 is 5.32 Å². The quantitative estimate of drug-likeness (QED) is 0.884. The fourth-order valence-electron chi connectivity index (χ4n) is 3.81. The largest absolute Gasteiger partial charge is 0.331 e. The molecule has 0 aromatic carbocycles. The van der Waals surface area contributed by atoms with Gasteiger partial charge in [-0.15, -0.1) is 0 Å². The summed E-state index contributed by atoms with van der Waals surface area (Å²) >= 11 is 0.